The Morgan fingerprint density at radius 1 is 0.977 bits per heavy atom. The smallest absolute Gasteiger partial charge is 0.338 e. The van der Waals surface area contributed by atoms with Crippen LogP contribution in [0.2, 0.25) is 0 Å². The Morgan fingerprint density at radius 2 is 1.70 bits per heavy atom. The molecule has 1 unspecified atom stereocenters. The summed E-state index contributed by atoms with van der Waals surface area (Å²) in [5.74, 6) is 0.759. The van der Waals surface area contributed by atoms with Gasteiger partial charge in [0, 0.05) is 22.9 Å². The lowest BCUT2D eigenvalue weighted by Crippen LogP contribution is -2.40. The number of thiazole rings is 1. The maximum absolute atomic E-state index is 14.3. The first-order valence-corrected chi connectivity index (χ1v) is 14.9. The van der Waals surface area contributed by atoms with E-state index in [4.69, 9.17) is 24.3 Å². The van der Waals surface area contributed by atoms with Gasteiger partial charge in [-0.3, -0.25) is 9.36 Å². The number of methoxy groups -OCH3 is 2. The number of ether oxygens (including phenoxy) is 3. The van der Waals surface area contributed by atoms with Gasteiger partial charge in [-0.2, -0.15) is 5.10 Å². The van der Waals surface area contributed by atoms with E-state index in [0.29, 0.717) is 37.6 Å². The molecule has 9 nitrogen and oxygen atoms in total. The first-order chi connectivity index (χ1) is 21.4. The first kappa shape index (κ1) is 28.9. The van der Waals surface area contributed by atoms with Gasteiger partial charge in [-0.15, -0.1) is 0 Å². The largest absolute Gasteiger partial charge is 0.497 e. The van der Waals surface area contributed by atoms with Crippen LogP contribution in [0.15, 0.2) is 106 Å². The van der Waals surface area contributed by atoms with Crippen LogP contribution in [-0.2, 0) is 9.53 Å². The summed E-state index contributed by atoms with van der Waals surface area (Å²) in [7, 11) is 3.19. The highest BCUT2D eigenvalue weighted by Gasteiger charge is 2.35. The summed E-state index contributed by atoms with van der Waals surface area (Å²) in [6.45, 7) is 3.70. The Labute approximate surface area is 257 Å². The fourth-order valence-electron chi connectivity index (χ4n) is 5.30. The molecule has 5 aromatic rings. The molecule has 0 aliphatic carbocycles. The third-order valence-electron chi connectivity index (χ3n) is 7.36. The third kappa shape index (κ3) is 5.24. The fourth-order valence-corrected chi connectivity index (χ4v) is 6.34. The highest BCUT2D eigenvalue weighted by Crippen LogP contribution is 2.35. The zero-order valence-corrected chi connectivity index (χ0v) is 25.5. The van der Waals surface area contributed by atoms with Crippen LogP contribution in [0, 0.1) is 0 Å². The van der Waals surface area contributed by atoms with E-state index in [2.05, 4.69) is 0 Å². The molecule has 0 saturated heterocycles. The molecular weight excluding hydrogens is 576 g/mol. The number of aromatic nitrogens is 3. The molecule has 0 N–H and O–H groups in total. The number of hydrogen-bond donors (Lipinski definition) is 0. The van der Waals surface area contributed by atoms with Gasteiger partial charge in [-0.25, -0.2) is 14.5 Å². The minimum Gasteiger partial charge on any atom is -0.497 e. The second-order valence-corrected chi connectivity index (χ2v) is 11.0. The van der Waals surface area contributed by atoms with Crippen molar-refractivity contribution in [2.45, 2.75) is 19.9 Å². The fraction of sp³-hybridized carbons (Fsp3) is 0.176. The molecule has 44 heavy (non-hydrogen) atoms. The van der Waals surface area contributed by atoms with E-state index in [9.17, 15) is 9.59 Å². The Bertz CT molecular complexity index is 2060. The van der Waals surface area contributed by atoms with Crippen LogP contribution in [0.4, 0.5) is 0 Å². The van der Waals surface area contributed by atoms with E-state index in [-0.39, 0.29) is 12.2 Å². The van der Waals surface area contributed by atoms with Crippen LogP contribution < -0.4 is 24.4 Å². The molecule has 3 aromatic carbocycles. The molecule has 10 heteroatoms. The highest BCUT2D eigenvalue weighted by molar-refractivity contribution is 7.07. The number of nitrogens with zero attached hydrogens (tertiary/aromatic N) is 4. The summed E-state index contributed by atoms with van der Waals surface area (Å²) < 4.78 is 20.2. The minimum atomic E-state index is -0.781. The zero-order chi connectivity index (χ0) is 30.8. The van der Waals surface area contributed by atoms with Crippen molar-refractivity contribution < 1.29 is 19.0 Å². The predicted octanol–water partition coefficient (Wildman–Crippen LogP) is 4.67. The van der Waals surface area contributed by atoms with Gasteiger partial charge in [0.15, 0.2) is 4.80 Å². The molecule has 2 aromatic heterocycles. The van der Waals surface area contributed by atoms with Gasteiger partial charge in [0.05, 0.1) is 42.3 Å². The van der Waals surface area contributed by atoms with E-state index in [1.807, 2.05) is 91.1 Å². The maximum atomic E-state index is 14.3. The number of esters is 1. The Kier molecular flexibility index (Phi) is 7.99. The lowest BCUT2D eigenvalue weighted by molar-refractivity contribution is -0.139. The van der Waals surface area contributed by atoms with Crippen LogP contribution in [-0.4, -0.2) is 41.1 Å². The third-order valence-corrected chi connectivity index (χ3v) is 8.35. The van der Waals surface area contributed by atoms with E-state index in [1.165, 1.54) is 11.3 Å². The predicted molar refractivity (Wildman–Crippen MR) is 169 cm³/mol. The first-order valence-electron chi connectivity index (χ1n) is 14.1. The van der Waals surface area contributed by atoms with Gasteiger partial charge in [0.25, 0.3) is 5.56 Å². The number of rotatable bonds is 8. The number of carbonyl (C=O) groups excluding carboxylic acids is 1. The molecule has 1 atom stereocenters. The number of fused-ring (bicyclic) bond motifs is 1. The Balaban J connectivity index is 1.57. The van der Waals surface area contributed by atoms with Crippen molar-refractivity contribution in [2.24, 2.45) is 4.99 Å². The topological polar surface area (TPSA) is 96.9 Å². The molecule has 0 amide bonds. The summed E-state index contributed by atoms with van der Waals surface area (Å²) in [4.78, 5) is 32.7. The van der Waals surface area contributed by atoms with Crippen LogP contribution in [0.1, 0.15) is 31.0 Å². The van der Waals surface area contributed by atoms with Gasteiger partial charge < -0.3 is 14.2 Å². The lowest BCUT2D eigenvalue weighted by Gasteiger charge is -2.25. The van der Waals surface area contributed by atoms with Crippen molar-refractivity contribution in [1.82, 2.24) is 14.3 Å². The molecule has 0 fully saturated rings. The molecule has 222 valence electrons. The molecule has 0 radical (unpaired) electrons. The summed E-state index contributed by atoms with van der Waals surface area (Å²) in [6.07, 6.45) is 3.73. The van der Waals surface area contributed by atoms with Crippen LogP contribution in [0.3, 0.4) is 0 Å². The van der Waals surface area contributed by atoms with Crippen LogP contribution >= 0.6 is 11.3 Å². The second kappa shape index (κ2) is 12.2. The van der Waals surface area contributed by atoms with Crippen molar-refractivity contribution in [3.63, 3.8) is 0 Å². The van der Waals surface area contributed by atoms with E-state index < -0.39 is 12.0 Å². The average Bonchev–Trinajstić information content (AvgIpc) is 3.61. The number of carbonyl (C=O) groups is 1. The minimum absolute atomic E-state index is 0.193. The van der Waals surface area contributed by atoms with E-state index in [0.717, 1.165) is 22.6 Å². The normalized spacial score (nSPS) is 14.6. The Morgan fingerprint density at radius 3 is 2.41 bits per heavy atom. The average molecular weight is 607 g/mol. The van der Waals surface area contributed by atoms with Crippen molar-refractivity contribution in [1.29, 1.82) is 0 Å². The van der Waals surface area contributed by atoms with Crippen molar-refractivity contribution in [3.05, 3.63) is 127 Å². The number of benzene rings is 3. The lowest BCUT2D eigenvalue weighted by atomic mass is 9.95. The molecule has 0 spiro atoms. The summed E-state index contributed by atoms with van der Waals surface area (Å²) >= 11 is 1.26. The summed E-state index contributed by atoms with van der Waals surface area (Å²) in [6, 6.07) is 24.0. The molecule has 1 aliphatic rings. The molecule has 6 rings (SSSR count). The van der Waals surface area contributed by atoms with Gasteiger partial charge in [-0.1, -0.05) is 47.7 Å². The van der Waals surface area contributed by atoms with Crippen LogP contribution in [0.25, 0.3) is 23.0 Å². The molecule has 0 saturated carbocycles. The van der Waals surface area contributed by atoms with E-state index >= 15 is 0 Å². The monoisotopic (exact) mass is 606 g/mol. The highest BCUT2D eigenvalue weighted by atomic mass is 32.1. The standard InChI is InChI=1S/C34H30N4O5S/c1-5-43-33(40)29-21(2)35-34-38(31(29)26-13-9-10-14-27(26)42-4)32(39)28(44-34)19-23-20-37(24-11-7-6-8-12-24)36-30(23)22-15-17-25(41-3)18-16-22/h6-20,31H,5H2,1-4H3. The van der Waals surface area contributed by atoms with Gasteiger partial charge >= 0.3 is 5.97 Å². The van der Waals surface area contributed by atoms with Gasteiger partial charge in [0.2, 0.25) is 0 Å². The SMILES string of the molecule is CCOC(=O)C1=C(C)N=c2sc(=Cc3cn(-c4ccccc4)nc3-c3ccc(OC)cc3)c(=O)n2C1c1ccccc1OC. The number of hydrogen-bond acceptors (Lipinski definition) is 8. The number of para-hydroxylation sites is 2. The molecule has 0 bridgehead atoms. The van der Waals surface area contributed by atoms with Crippen molar-refractivity contribution in [3.8, 4) is 28.4 Å². The van der Waals surface area contributed by atoms with Gasteiger partial charge in [-0.05, 0) is 62.4 Å². The summed E-state index contributed by atoms with van der Waals surface area (Å²) in [5, 5.41) is 4.90. The van der Waals surface area contributed by atoms with Crippen molar-refractivity contribution >= 4 is 23.4 Å². The quantitative estimate of drug-likeness (QED) is 0.238. The maximum Gasteiger partial charge on any atom is 0.338 e. The zero-order valence-electron chi connectivity index (χ0n) is 24.7. The van der Waals surface area contributed by atoms with Crippen LogP contribution in [0.5, 0.6) is 11.5 Å². The van der Waals surface area contributed by atoms with E-state index in [1.54, 1.807) is 37.3 Å². The second-order valence-electron chi connectivity index (χ2n) is 9.99. The molecule has 1 aliphatic heterocycles. The van der Waals surface area contributed by atoms with Crippen molar-refractivity contribution in [2.75, 3.05) is 20.8 Å². The number of allylic oxidation sites excluding steroid dienone is 1. The molecule has 3 heterocycles. The summed E-state index contributed by atoms with van der Waals surface area (Å²) in [5.41, 5.74) is 4.37. The van der Waals surface area contributed by atoms with Gasteiger partial charge in [0.1, 0.15) is 23.2 Å². The Hall–Kier alpha value is -5.22. The molecular formula is C34H30N4O5S.